The van der Waals surface area contributed by atoms with Gasteiger partial charge in [-0.2, -0.15) is 0 Å². The molecule has 1 saturated heterocycles. The summed E-state index contributed by atoms with van der Waals surface area (Å²) in [6, 6.07) is 17.4. The van der Waals surface area contributed by atoms with Crippen molar-refractivity contribution < 1.29 is 9.59 Å². The molecule has 1 aliphatic heterocycles. The van der Waals surface area contributed by atoms with Crippen LogP contribution in [0.25, 0.3) is 0 Å². The minimum atomic E-state index is -0.392. The van der Waals surface area contributed by atoms with E-state index < -0.39 is 5.91 Å². The van der Waals surface area contributed by atoms with Gasteiger partial charge in [0.2, 0.25) is 11.8 Å². The maximum Gasteiger partial charge on any atom is 0.248 e. The molecule has 1 aliphatic rings. The highest BCUT2D eigenvalue weighted by Crippen LogP contribution is 2.22. The maximum atomic E-state index is 12.4. The van der Waals surface area contributed by atoms with Crippen LogP contribution in [0.2, 0.25) is 0 Å². The Labute approximate surface area is 148 Å². The minimum Gasteiger partial charge on any atom is -0.366 e. The fraction of sp³-hybridized carbons (Fsp3) is 0.333. The molecule has 0 aliphatic carbocycles. The molecule has 0 saturated carbocycles. The molecule has 0 unspecified atom stereocenters. The lowest BCUT2D eigenvalue weighted by Gasteiger charge is -2.32. The number of hydrogen-bond donors (Lipinski definition) is 1. The Hall–Kier alpha value is -2.62. The van der Waals surface area contributed by atoms with E-state index in [0.29, 0.717) is 17.9 Å². The smallest absolute Gasteiger partial charge is 0.248 e. The summed E-state index contributed by atoms with van der Waals surface area (Å²) in [5.41, 5.74) is 8.11. The number of nitrogens with two attached hydrogens (primary N) is 1. The molecule has 25 heavy (non-hydrogen) atoms. The van der Waals surface area contributed by atoms with E-state index >= 15 is 0 Å². The number of likely N-dealkylation sites (tertiary alicyclic amines) is 1. The van der Waals surface area contributed by atoms with Crippen LogP contribution >= 0.6 is 0 Å². The summed E-state index contributed by atoms with van der Waals surface area (Å²) in [6.07, 6.45) is 3.52. The molecule has 0 aromatic heterocycles. The van der Waals surface area contributed by atoms with E-state index in [0.717, 1.165) is 37.9 Å². The van der Waals surface area contributed by atoms with Crippen LogP contribution in [-0.2, 0) is 17.6 Å². The summed E-state index contributed by atoms with van der Waals surface area (Å²) in [6.45, 7) is 1.66. The molecule has 0 atom stereocenters. The fourth-order valence-electron chi connectivity index (χ4n) is 3.41. The van der Waals surface area contributed by atoms with Crippen molar-refractivity contribution in [3.63, 3.8) is 0 Å². The normalized spacial score (nSPS) is 15.1. The molecule has 1 fully saturated rings. The van der Waals surface area contributed by atoms with E-state index in [-0.39, 0.29) is 5.91 Å². The van der Waals surface area contributed by atoms with Gasteiger partial charge in [-0.15, -0.1) is 0 Å². The van der Waals surface area contributed by atoms with Crippen LogP contribution in [-0.4, -0.2) is 29.8 Å². The Morgan fingerprint density at radius 2 is 1.56 bits per heavy atom. The summed E-state index contributed by atoms with van der Waals surface area (Å²) in [4.78, 5) is 25.5. The largest absolute Gasteiger partial charge is 0.366 e. The molecule has 2 aromatic rings. The number of rotatable bonds is 5. The van der Waals surface area contributed by atoms with E-state index in [2.05, 4.69) is 0 Å². The Morgan fingerprint density at radius 3 is 2.16 bits per heavy atom. The SMILES string of the molecule is NC(=O)c1ccc(CC2CCN(C(=O)Cc3ccccc3)CC2)cc1. The third-order valence-electron chi connectivity index (χ3n) is 4.93. The van der Waals surface area contributed by atoms with E-state index in [4.69, 9.17) is 5.73 Å². The fourth-order valence-corrected chi connectivity index (χ4v) is 3.41. The second-order valence-electron chi connectivity index (χ2n) is 6.75. The minimum absolute atomic E-state index is 0.218. The average molecular weight is 336 g/mol. The third kappa shape index (κ3) is 4.69. The standard InChI is InChI=1S/C21H24N2O2/c22-21(25)19-8-6-17(7-9-19)14-18-10-12-23(13-11-18)20(24)15-16-4-2-1-3-5-16/h1-9,18H,10-15H2,(H2,22,25). The van der Waals surface area contributed by atoms with Gasteiger partial charge in [0.15, 0.2) is 0 Å². The number of primary amides is 1. The summed E-state index contributed by atoms with van der Waals surface area (Å²) >= 11 is 0. The molecule has 0 spiro atoms. The molecular weight excluding hydrogens is 312 g/mol. The van der Waals surface area contributed by atoms with Crippen molar-refractivity contribution in [3.05, 3.63) is 71.3 Å². The first kappa shape index (κ1) is 17.2. The molecule has 4 heteroatoms. The Kier molecular flexibility index (Phi) is 5.49. The number of benzene rings is 2. The first-order valence-electron chi connectivity index (χ1n) is 8.82. The van der Waals surface area contributed by atoms with E-state index in [9.17, 15) is 9.59 Å². The zero-order chi connectivity index (χ0) is 17.6. The molecule has 2 aromatic carbocycles. The highest BCUT2D eigenvalue weighted by Gasteiger charge is 2.23. The van der Waals surface area contributed by atoms with Gasteiger partial charge in [-0.05, 0) is 48.4 Å². The van der Waals surface area contributed by atoms with Crippen LogP contribution in [0.15, 0.2) is 54.6 Å². The number of carbonyl (C=O) groups excluding carboxylic acids is 2. The van der Waals surface area contributed by atoms with Gasteiger partial charge in [0.1, 0.15) is 0 Å². The monoisotopic (exact) mass is 336 g/mol. The molecule has 2 amide bonds. The van der Waals surface area contributed by atoms with Crippen LogP contribution < -0.4 is 5.73 Å². The van der Waals surface area contributed by atoms with Gasteiger partial charge in [-0.1, -0.05) is 42.5 Å². The first-order valence-corrected chi connectivity index (χ1v) is 8.82. The molecule has 1 heterocycles. The number of carbonyl (C=O) groups is 2. The zero-order valence-corrected chi connectivity index (χ0v) is 14.4. The topological polar surface area (TPSA) is 63.4 Å². The summed E-state index contributed by atoms with van der Waals surface area (Å²) < 4.78 is 0. The van der Waals surface area contributed by atoms with Crippen molar-refractivity contribution in [2.24, 2.45) is 11.7 Å². The summed E-state index contributed by atoms with van der Waals surface area (Å²) in [5.74, 6) is 0.410. The third-order valence-corrected chi connectivity index (χ3v) is 4.93. The summed E-state index contributed by atoms with van der Waals surface area (Å²) in [5, 5.41) is 0. The molecule has 0 bridgehead atoms. The molecule has 0 radical (unpaired) electrons. The van der Waals surface area contributed by atoms with Gasteiger partial charge in [0.25, 0.3) is 0 Å². The van der Waals surface area contributed by atoms with E-state index in [1.54, 1.807) is 12.1 Å². The van der Waals surface area contributed by atoms with Crippen LogP contribution in [0.1, 0.15) is 34.3 Å². The van der Waals surface area contributed by atoms with E-state index in [1.807, 2.05) is 47.4 Å². The van der Waals surface area contributed by atoms with Gasteiger partial charge in [0.05, 0.1) is 6.42 Å². The number of piperidine rings is 1. The average Bonchev–Trinajstić information content (AvgIpc) is 2.63. The van der Waals surface area contributed by atoms with Crippen molar-refractivity contribution in [3.8, 4) is 0 Å². The number of amides is 2. The number of hydrogen-bond acceptors (Lipinski definition) is 2. The van der Waals surface area contributed by atoms with E-state index in [1.165, 1.54) is 5.56 Å². The Balaban J connectivity index is 1.48. The lowest BCUT2D eigenvalue weighted by molar-refractivity contribution is -0.131. The van der Waals surface area contributed by atoms with Gasteiger partial charge in [-0.25, -0.2) is 0 Å². The summed E-state index contributed by atoms with van der Waals surface area (Å²) in [7, 11) is 0. The second kappa shape index (κ2) is 7.97. The van der Waals surface area contributed by atoms with Crippen molar-refractivity contribution in [2.45, 2.75) is 25.7 Å². The maximum absolute atomic E-state index is 12.4. The molecular formula is C21H24N2O2. The lowest BCUT2D eigenvalue weighted by atomic mass is 9.89. The predicted molar refractivity (Wildman–Crippen MR) is 98.1 cm³/mol. The molecule has 3 rings (SSSR count). The van der Waals surface area contributed by atoms with Gasteiger partial charge >= 0.3 is 0 Å². The second-order valence-corrected chi connectivity index (χ2v) is 6.75. The quantitative estimate of drug-likeness (QED) is 0.912. The van der Waals surface area contributed by atoms with Gasteiger partial charge in [0, 0.05) is 18.7 Å². The molecule has 130 valence electrons. The van der Waals surface area contributed by atoms with Crippen molar-refractivity contribution in [1.82, 2.24) is 4.90 Å². The van der Waals surface area contributed by atoms with Crippen molar-refractivity contribution in [1.29, 1.82) is 0 Å². The van der Waals surface area contributed by atoms with Crippen LogP contribution in [0.5, 0.6) is 0 Å². The molecule has 4 nitrogen and oxygen atoms in total. The van der Waals surface area contributed by atoms with Crippen molar-refractivity contribution in [2.75, 3.05) is 13.1 Å². The highest BCUT2D eigenvalue weighted by atomic mass is 16.2. The van der Waals surface area contributed by atoms with Crippen LogP contribution in [0.3, 0.4) is 0 Å². The number of nitrogens with zero attached hydrogens (tertiary/aromatic N) is 1. The highest BCUT2D eigenvalue weighted by molar-refractivity contribution is 5.92. The van der Waals surface area contributed by atoms with Gasteiger partial charge in [-0.3, -0.25) is 9.59 Å². The Bertz CT molecular complexity index is 717. The first-order chi connectivity index (χ1) is 12.1. The zero-order valence-electron chi connectivity index (χ0n) is 14.4. The van der Waals surface area contributed by atoms with Gasteiger partial charge < -0.3 is 10.6 Å². The molecule has 2 N–H and O–H groups in total. The van der Waals surface area contributed by atoms with Crippen LogP contribution in [0, 0.1) is 5.92 Å². The van der Waals surface area contributed by atoms with Crippen LogP contribution in [0.4, 0.5) is 0 Å². The predicted octanol–water partition coefficient (Wildman–Crippen LogP) is 2.81. The Morgan fingerprint density at radius 1 is 0.920 bits per heavy atom. The van der Waals surface area contributed by atoms with Crippen molar-refractivity contribution >= 4 is 11.8 Å². The lowest BCUT2D eigenvalue weighted by Crippen LogP contribution is -2.39.